The van der Waals surface area contributed by atoms with Crippen molar-refractivity contribution in [2.45, 2.75) is 25.8 Å². The summed E-state index contributed by atoms with van der Waals surface area (Å²) in [4.78, 5) is 21.0. The molecular formula is C12H18FN5O. The van der Waals surface area contributed by atoms with Crippen molar-refractivity contribution in [2.75, 3.05) is 23.8 Å². The Morgan fingerprint density at radius 2 is 2.32 bits per heavy atom. The van der Waals surface area contributed by atoms with Gasteiger partial charge in [-0.3, -0.25) is 4.79 Å². The molecule has 1 fully saturated rings. The van der Waals surface area contributed by atoms with Gasteiger partial charge in [0.05, 0.1) is 12.1 Å². The Balaban J connectivity index is 2.30. The normalized spacial score (nSPS) is 23.2. The number of rotatable bonds is 3. The molecular weight excluding hydrogens is 249 g/mol. The Morgan fingerprint density at radius 1 is 1.58 bits per heavy atom. The minimum atomic E-state index is -0.490. The molecule has 19 heavy (non-hydrogen) atoms. The number of carbonyl (C=O) groups is 1. The van der Waals surface area contributed by atoms with Gasteiger partial charge >= 0.3 is 0 Å². The maximum absolute atomic E-state index is 13.9. The second-order valence-electron chi connectivity index (χ2n) is 4.79. The van der Waals surface area contributed by atoms with Crippen molar-refractivity contribution in [2.24, 2.45) is 11.7 Å². The van der Waals surface area contributed by atoms with Crippen LogP contribution in [0.5, 0.6) is 0 Å². The van der Waals surface area contributed by atoms with Gasteiger partial charge in [-0.2, -0.15) is 4.98 Å². The van der Waals surface area contributed by atoms with Gasteiger partial charge in [-0.05, 0) is 19.8 Å². The van der Waals surface area contributed by atoms with E-state index in [1.165, 1.54) is 0 Å². The Labute approximate surface area is 111 Å². The lowest BCUT2D eigenvalue weighted by Gasteiger charge is -2.37. The van der Waals surface area contributed by atoms with Crippen LogP contribution in [-0.4, -0.2) is 35.5 Å². The molecule has 1 saturated heterocycles. The zero-order chi connectivity index (χ0) is 14.0. The molecule has 2 rings (SSSR count). The molecule has 6 nitrogen and oxygen atoms in total. The highest BCUT2D eigenvalue weighted by atomic mass is 19.1. The van der Waals surface area contributed by atoms with E-state index in [2.05, 4.69) is 15.3 Å². The molecule has 3 N–H and O–H groups in total. The third-order valence-corrected chi connectivity index (χ3v) is 3.51. The van der Waals surface area contributed by atoms with Crippen molar-refractivity contribution in [3.05, 3.63) is 12.0 Å². The van der Waals surface area contributed by atoms with Crippen molar-refractivity contribution in [1.82, 2.24) is 9.97 Å². The third kappa shape index (κ3) is 2.74. The van der Waals surface area contributed by atoms with Gasteiger partial charge in [-0.25, -0.2) is 9.37 Å². The number of nitrogens with one attached hydrogen (secondary N) is 1. The number of anilines is 2. The highest BCUT2D eigenvalue weighted by Gasteiger charge is 2.31. The van der Waals surface area contributed by atoms with Crippen LogP contribution in [0, 0.1) is 11.7 Å². The summed E-state index contributed by atoms with van der Waals surface area (Å²) in [6.45, 7) is 2.38. The molecule has 2 atom stereocenters. The predicted octanol–water partition coefficient (Wildman–Crippen LogP) is 0.748. The van der Waals surface area contributed by atoms with Crippen LogP contribution in [0.1, 0.15) is 19.8 Å². The van der Waals surface area contributed by atoms with Crippen LogP contribution >= 0.6 is 0 Å². The van der Waals surface area contributed by atoms with E-state index in [0.717, 1.165) is 19.0 Å². The SMILES string of the molecule is CNc1ncc(F)c(N2CC(C(N)=O)CCC2C)n1. The lowest BCUT2D eigenvalue weighted by Crippen LogP contribution is -2.46. The monoisotopic (exact) mass is 267 g/mol. The van der Waals surface area contributed by atoms with E-state index in [1.54, 1.807) is 11.9 Å². The Kier molecular flexibility index (Phi) is 3.82. The first-order chi connectivity index (χ1) is 9.02. The van der Waals surface area contributed by atoms with Crippen molar-refractivity contribution in [3.63, 3.8) is 0 Å². The summed E-state index contributed by atoms with van der Waals surface area (Å²) in [5.41, 5.74) is 5.34. The van der Waals surface area contributed by atoms with E-state index in [9.17, 15) is 9.18 Å². The van der Waals surface area contributed by atoms with Gasteiger partial charge in [0.25, 0.3) is 0 Å². The first-order valence-electron chi connectivity index (χ1n) is 6.29. The fourth-order valence-corrected chi connectivity index (χ4v) is 2.31. The fraction of sp³-hybridized carbons (Fsp3) is 0.583. The molecule has 0 spiro atoms. The number of hydrogen-bond donors (Lipinski definition) is 2. The number of piperidine rings is 1. The maximum Gasteiger partial charge on any atom is 0.224 e. The van der Waals surface area contributed by atoms with Crippen molar-refractivity contribution >= 4 is 17.7 Å². The Bertz CT molecular complexity index is 481. The summed E-state index contributed by atoms with van der Waals surface area (Å²) < 4.78 is 13.9. The van der Waals surface area contributed by atoms with E-state index in [0.29, 0.717) is 12.5 Å². The quantitative estimate of drug-likeness (QED) is 0.844. The van der Waals surface area contributed by atoms with Gasteiger partial charge in [-0.1, -0.05) is 0 Å². The lowest BCUT2D eigenvalue weighted by atomic mass is 9.93. The summed E-state index contributed by atoms with van der Waals surface area (Å²) in [5.74, 6) is -0.526. The molecule has 1 aliphatic heterocycles. The van der Waals surface area contributed by atoms with Crippen molar-refractivity contribution in [1.29, 1.82) is 0 Å². The number of carbonyl (C=O) groups excluding carboxylic acids is 1. The van der Waals surface area contributed by atoms with Gasteiger partial charge in [0.15, 0.2) is 11.6 Å². The molecule has 0 radical (unpaired) electrons. The lowest BCUT2D eigenvalue weighted by molar-refractivity contribution is -0.122. The van der Waals surface area contributed by atoms with Crippen molar-refractivity contribution < 1.29 is 9.18 Å². The molecule has 1 aromatic rings. The van der Waals surface area contributed by atoms with E-state index in [-0.39, 0.29) is 23.7 Å². The number of nitrogens with zero attached hydrogens (tertiary/aromatic N) is 3. The zero-order valence-electron chi connectivity index (χ0n) is 11.1. The summed E-state index contributed by atoms with van der Waals surface area (Å²) in [7, 11) is 1.67. The number of halogens is 1. The first kappa shape index (κ1) is 13.5. The fourth-order valence-electron chi connectivity index (χ4n) is 2.31. The third-order valence-electron chi connectivity index (χ3n) is 3.51. The number of hydrogen-bond acceptors (Lipinski definition) is 5. The van der Waals surface area contributed by atoms with Crippen LogP contribution in [-0.2, 0) is 4.79 Å². The molecule has 0 aliphatic carbocycles. The second kappa shape index (κ2) is 5.38. The number of amides is 1. The number of nitrogens with two attached hydrogens (primary N) is 1. The maximum atomic E-state index is 13.9. The molecule has 0 aromatic carbocycles. The van der Waals surface area contributed by atoms with Crippen molar-refractivity contribution in [3.8, 4) is 0 Å². The minimum absolute atomic E-state index is 0.115. The van der Waals surface area contributed by atoms with Gasteiger partial charge in [0, 0.05) is 19.6 Å². The Morgan fingerprint density at radius 3 is 2.95 bits per heavy atom. The van der Waals surface area contributed by atoms with Crippen LogP contribution in [0.4, 0.5) is 16.2 Å². The standard InChI is InChI=1S/C12H18FN5O/c1-7-3-4-8(10(14)19)6-18(7)11-9(13)5-16-12(15-2)17-11/h5,7-8H,3-4,6H2,1-2H3,(H2,14,19)(H,15,16,17). The van der Waals surface area contributed by atoms with Crippen LogP contribution < -0.4 is 16.0 Å². The van der Waals surface area contributed by atoms with Gasteiger partial charge < -0.3 is 16.0 Å². The van der Waals surface area contributed by atoms with Crippen LogP contribution in [0.2, 0.25) is 0 Å². The van der Waals surface area contributed by atoms with Gasteiger partial charge in [-0.15, -0.1) is 0 Å². The molecule has 7 heteroatoms. The van der Waals surface area contributed by atoms with Crippen LogP contribution in [0.3, 0.4) is 0 Å². The van der Waals surface area contributed by atoms with E-state index >= 15 is 0 Å². The highest BCUT2D eigenvalue weighted by molar-refractivity contribution is 5.77. The summed E-state index contributed by atoms with van der Waals surface area (Å²) in [6, 6.07) is 0.115. The zero-order valence-corrected chi connectivity index (χ0v) is 11.1. The van der Waals surface area contributed by atoms with E-state index in [4.69, 9.17) is 5.73 Å². The molecule has 1 amide bonds. The molecule has 2 heterocycles. The van der Waals surface area contributed by atoms with Gasteiger partial charge in [0.1, 0.15) is 0 Å². The largest absolute Gasteiger partial charge is 0.369 e. The van der Waals surface area contributed by atoms with Crippen LogP contribution in [0.15, 0.2) is 6.20 Å². The predicted molar refractivity (Wildman–Crippen MR) is 70.3 cm³/mol. The number of primary amides is 1. The van der Waals surface area contributed by atoms with E-state index < -0.39 is 5.82 Å². The number of aromatic nitrogens is 2. The van der Waals surface area contributed by atoms with E-state index in [1.807, 2.05) is 6.92 Å². The summed E-state index contributed by atoms with van der Waals surface area (Å²) in [6.07, 6.45) is 2.65. The summed E-state index contributed by atoms with van der Waals surface area (Å²) in [5, 5.41) is 2.78. The first-order valence-corrected chi connectivity index (χ1v) is 6.29. The molecule has 1 aromatic heterocycles. The molecule has 0 bridgehead atoms. The average molecular weight is 267 g/mol. The molecule has 0 saturated carbocycles. The Hall–Kier alpha value is -1.92. The summed E-state index contributed by atoms with van der Waals surface area (Å²) >= 11 is 0. The minimum Gasteiger partial charge on any atom is -0.369 e. The highest BCUT2D eigenvalue weighted by Crippen LogP contribution is 2.28. The molecule has 104 valence electrons. The molecule has 1 aliphatic rings. The average Bonchev–Trinajstić information content (AvgIpc) is 2.40. The second-order valence-corrected chi connectivity index (χ2v) is 4.79. The topological polar surface area (TPSA) is 84.1 Å². The van der Waals surface area contributed by atoms with Crippen LogP contribution in [0.25, 0.3) is 0 Å². The van der Waals surface area contributed by atoms with Gasteiger partial charge in [0.2, 0.25) is 11.9 Å². The smallest absolute Gasteiger partial charge is 0.224 e. The molecule has 2 unspecified atom stereocenters.